The van der Waals surface area contributed by atoms with Crippen LogP contribution in [0.5, 0.6) is 0 Å². The SMILES string of the molecule is Cc1cc(=O)nc2c3ccccc3n([C@@H](C)C(=O)N3CCC(C)CC3)n12. The van der Waals surface area contributed by atoms with Gasteiger partial charge in [-0.15, -0.1) is 0 Å². The molecule has 136 valence electrons. The average Bonchev–Trinajstić information content (AvgIpc) is 2.96. The standard InChI is InChI=1S/C20H24N4O2/c1-13-8-10-22(11-9-13)20(26)15(3)24-17-7-5-4-6-16(17)19-21-18(25)12-14(2)23(19)24/h4-7,12-13,15H,8-11H2,1-3H3/t15-/m0/s1. The zero-order chi connectivity index (χ0) is 18.4. The topological polar surface area (TPSA) is 59.6 Å². The summed E-state index contributed by atoms with van der Waals surface area (Å²) < 4.78 is 3.88. The van der Waals surface area contributed by atoms with E-state index in [1.165, 1.54) is 6.07 Å². The molecule has 0 radical (unpaired) electrons. The molecule has 26 heavy (non-hydrogen) atoms. The molecule has 0 bridgehead atoms. The van der Waals surface area contributed by atoms with Crippen LogP contribution in [0.1, 0.15) is 38.4 Å². The smallest absolute Gasteiger partial charge is 0.273 e. The zero-order valence-electron chi connectivity index (χ0n) is 15.5. The molecule has 0 saturated carbocycles. The number of likely N-dealkylation sites (tertiary alicyclic amines) is 1. The molecule has 0 unspecified atom stereocenters. The summed E-state index contributed by atoms with van der Waals surface area (Å²) in [4.78, 5) is 31.3. The van der Waals surface area contributed by atoms with E-state index in [2.05, 4.69) is 11.9 Å². The summed E-state index contributed by atoms with van der Waals surface area (Å²) >= 11 is 0. The van der Waals surface area contributed by atoms with Crippen molar-refractivity contribution in [3.8, 4) is 0 Å². The van der Waals surface area contributed by atoms with Crippen LogP contribution >= 0.6 is 0 Å². The summed E-state index contributed by atoms with van der Waals surface area (Å²) in [5.41, 5.74) is 2.05. The summed E-state index contributed by atoms with van der Waals surface area (Å²) in [6, 6.07) is 8.96. The van der Waals surface area contributed by atoms with Crippen LogP contribution in [-0.2, 0) is 4.79 Å². The van der Waals surface area contributed by atoms with Crippen LogP contribution in [0.25, 0.3) is 16.6 Å². The molecule has 4 rings (SSSR count). The Morgan fingerprint density at radius 3 is 2.65 bits per heavy atom. The zero-order valence-corrected chi connectivity index (χ0v) is 15.5. The molecule has 2 aromatic heterocycles. The Hall–Kier alpha value is -2.63. The summed E-state index contributed by atoms with van der Waals surface area (Å²) in [7, 11) is 0. The second-order valence-electron chi connectivity index (χ2n) is 7.42. The molecular weight excluding hydrogens is 328 g/mol. The first-order valence-corrected chi connectivity index (χ1v) is 9.26. The highest BCUT2D eigenvalue weighted by Crippen LogP contribution is 2.27. The van der Waals surface area contributed by atoms with Crippen molar-refractivity contribution in [2.75, 3.05) is 13.1 Å². The van der Waals surface area contributed by atoms with Gasteiger partial charge in [-0.25, -0.2) is 4.52 Å². The predicted molar refractivity (Wildman–Crippen MR) is 101 cm³/mol. The fourth-order valence-electron chi connectivity index (χ4n) is 3.99. The van der Waals surface area contributed by atoms with Crippen LogP contribution in [0.3, 0.4) is 0 Å². The maximum Gasteiger partial charge on any atom is 0.273 e. The van der Waals surface area contributed by atoms with E-state index in [0.29, 0.717) is 11.6 Å². The monoisotopic (exact) mass is 352 g/mol. The highest BCUT2D eigenvalue weighted by Gasteiger charge is 2.28. The maximum absolute atomic E-state index is 13.2. The molecule has 6 nitrogen and oxygen atoms in total. The van der Waals surface area contributed by atoms with Gasteiger partial charge in [0.25, 0.3) is 5.56 Å². The van der Waals surface area contributed by atoms with Gasteiger partial charge in [-0.2, -0.15) is 4.98 Å². The molecule has 0 aliphatic carbocycles. The Morgan fingerprint density at radius 1 is 1.23 bits per heavy atom. The number of rotatable bonds is 2. The highest BCUT2D eigenvalue weighted by atomic mass is 16.2. The Morgan fingerprint density at radius 2 is 1.92 bits per heavy atom. The van der Waals surface area contributed by atoms with E-state index >= 15 is 0 Å². The van der Waals surface area contributed by atoms with Gasteiger partial charge < -0.3 is 4.90 Å². The number of piperidine rings is 1. The molecule has 1 saturated heterocycles. The lowest BCUT2D eigenvalue weighted by Crippen LogP contribution is -2.42. The van der Waals surface area contributed by atoms with Gasteiger partial charge in [0, 0.05) is 30.2 Å². The molecule has 0 spiro atoms. The minimum atomic E-state index is -0.367. The van der Waals surface area contributed by atoms with Crippen molar-refractivity contribution in [3.63, 3.8) is 0 Å². The number of hydrogen-bond donors (Lipinski definition) is 0. The Bertz CT molecular complexity index is 1040. The van der Waals surface area contributed by atoms with Gasteiger partial charge in [0.05, 0.1) is 5.52 Å². The van der Waals surface area contributed by atoms with Crippen LogP contribution in [0, 0.1) is 12.8 Å². The molecule has 1 fully saturated rings. The number of hydrogen-bond acceptors (Lipinski definition) is 3. The number of benzene rings is 1. The number of carbonyl (C=O) groups excluding carboxylic acids is 1. The minimum absolute atomic E-state index is 0.123. The van der Waals surface area contributed by atoms with E-state index in [4.69, 9.17) is 0 Å². The molecular formula is C20H24N4O2. The van der Waals surface area contributed by atoms with Gasteiger partial charge in [0.2, 0.25) is 5.91 Å². The average molecular weight is 352 g/mol. The van der Waals surface area contributed by atoms with Crippen molar-refractivity contribution < 1.29 is 4.79 Å². The van der Waals surface area contributed by atoms with Crippen LogP contribution < -0.4 is 5.56 Å². The van der Waals surface area contributed by atoms with Crippen molar-refractivity contribution in [2.24, 2.45) is 5.92 Å². The lowest BCUT2D eigenvalue weighted by atomic mass is 9.99. The second kappa shape index (κ2) is 6.27. The molecule has 1 aliphatic rings. The Balaban J connectivity index is 1.87. The summed E-state index contributed by atoms with van der Waals surface area (Å²) in [6.07, 6.45) is 2.11. The van der Waals surface area contributed by atoms with Gasteiger partial charge in [-0.1, -0.05) is 19.1 Å². The number of carbonyl (C=O) groups is 1. The summed E-state index contributed by atoms with van der Waals surface area (Å²) in [5.74, 6) is 0.802. The van der Waals surface area contributed by atoms with Gasteiger partial charge in [-0.05, 0) is 44.7 Å². The summed E-state index contributed by atoms with van der Waals surface area (Å²) in [6.45, 7) is 7.68. The molecule has 1 aromatic carbocycles. The maximum atomic E-state index is 13.2. The molecule has 0 N–H and O–H groups in total. The number of amides is 1. The number of aryl methyl sites for hydroxylation is 1. The molecule has 1 amide bonds. The molecule has 1 aliphatic heterocycles. The van der Waals surface area contributed by atoms with E-state index < -0.39 is 0 Å². The first-order chi connectivity index (χ1) is 12.5. The first-order valence-electron chi connectivity index (χ1n) is 9.26. The van der Waals surface area contributed by atoms with Crippen molar-refractivity contribution in [1.82, 2.24) is 19.1 Å². The fourth-order valence-corrected chi connectivity index (χ4v) is 3.99. The van der Waals surface area contributed by atoms with E-state index in [-0.39, 0.29) is 17.5 Å². The van der Waals surface area contributed by atoms with Gasteiger partial charge >= 0.3 is 0 Å². The Kier molecular flexibility index (Phi) is 4.05. The van der Waals surface area contributed by atoms with Crippen LogP contribution in [-0.4, -0.2) is 38.1 Å². The van der Waals surface area contributed by atoms with E-state index in [9.17, 15) is 9.59 Å². The van der Waals surface area contributed by atoms with Crippen molar-refractivity contribution >= 4 is 22.5 Å². The quantitative estimate of drug-likeness (QED) is 0.712. The molecule has 6 heteroatoms. The number of para-hydroxylation sites is 1. The van der Waals surface area contributed by atoms with Crippen molar-refractivity contribution in [1.29, 1.82) is 0 Å². The summed E-state index contributed by atoms with van der Waals surface area (Å²) in [5, 5.41) is 0.889. The molecule has 3 aromatic rings. The highest BCUT2D eigenvalue weighted by molar-refractivity contribution is 5.94. The van der Waals surface area contributed by atoms with E-state index in [1.54, 1.807) is 0 Å². The van der Waals surface area contributed by atoms with Gasteiger partial charge in [-0.3, -0.25) is 14.3 Å². The fraction of sp³-hybridized carbons (Fsp3) is 0.450. The van der Waals surface area contributed by atoms with Crippen LogP contribution in [0.2, 0.25) is 0 Å². The van der Waals surface area contributed by atoms with E-state index in [1.807, 2.05) is 52.2 Å². The third-order valence-electron chi connectivity index (χ3n) is 5.51. The third kappa shape index (κ3) is 2.60. The predicted octanol–water partition coefficient (Wildman–Crippen LogP) is 2.78. The lowest BCUT2D eigenvalue weighted by Gasteiger charge is -2.32. The number of nitrogens with zero attached hydrogens (tertiary/aromatic N) is 4. The number of fused-ring (bicyclic) bond motifs is 3. The van der Waals surface area contributed by atoms with Crippen molar-refractivity contribution in [2.45, 2.75) is 39.7 Å². The van der Waals surface area contributed by atoms with Gasteiger partial charge in [0.1, 0.15) is 6.04 Å². The molecule has 1 atom stereocenters. The first kappa shape index (κ1) is 16.8. The third-order valence-corrected chi connectivity index (χ3v) is 5.51. The second-order valence-corrected chi connectivity index (χ2v) is 7.42. The largest absolute Gasteiger partial charge is 0.341 e. The van der Waals surface area contributed by atoms with E-state index in [0.717, 1.165) is 42.5 Å². The Labute approximate surface area is 152 Å². The normalized spacial score (nSPS) is 17.1. The minimum Gasteiger partial charge on any atom is -0.341 e. The van der Waals surface area contributed by atoms with Gasteiger partial charge in [0.15, 0.2) is 5.65 Å². The number of aromatic nitrogens is 3. The molecule has 3 heterocycles. The van der Waals surface area contributed by atoms with Crippen LogP contribution in [0.15, 0.2) is 35.1 Å². The lowest BCUT2D eigenvalue weighted by molar-refractivity contribution is -0.135. The van der Waals surface area contributed by atoms with Crippen LogP contribution in [0.4, 0.5) is 0 Å². The van der Waals surface area contributed by atoms with Crippen molar-refractivity contribution in [3.05, 3.63) is 46.4 Å².